The van der Waals surface area contributed by atoms with Crippen LogP contribution in [0.15, 0.2) is 34.3 Å². The van der Waals surface area contributed by atoms with E-state index in [9.17, 15) is 0 Å². The average Bonchev–Trinajstić information content (AvgIpc) is 2.90. The average molecular weight is 313 g/mol. The van der Waals surface area contributed by atoms with Crippen LogP contribution in [-0.2, 0) is 6.42 Å². The van der Waals surface area contributed by atoms with Crippen molar-refractivity contribution in [1.82, 2.24) is 5.01 Å². The molecule has 0 aromatic heterocycles. The highest BCUT2D eigenvalue weighted by molar-refractivity contribution is 6.41. The molecule has 3 unspecified atom stereocenters. The first-order valence-electron chi connectivity index (χ1n) is 8.50. The van der Waals surface area contributed by atoms with E-state index in [1.54, 1.807) is 5.01 Å². The Kier molecular flexibility index (Phi) is 4.25. The van der Waals surface area contributed by atoms with Gasteiger partial charge >= 0.3 is 0 Å². The Morgan fingerprint density at radius 2 is 2.04 bits per heavy atom. The minimum atomic E-state index is -0.173. The smallest absolute Gasteiger partial charge is 0.160 e. The van der Waals surface area contributed by atoms with E-state index in [4.69, 9.17) is 21.6 Å². The van der Waals surface area contributed by atoms with E-state index in [1.807, 2.05) is 6.07 Å². The standard InChI is InChI=1S/C18H27N5/c1-4-15-17(22-18(3,5-2)11-21-15)23(20)16-13-9-7-6-8-12(13)10-14(16)19/h6-9,14,16H,4-5,10-11,19-20H2,1-3H3. The van der Waals surface area contributed by atoms with E-state index in [0.717, 1.165) is 37.4 Å². The van der Waals surface area contributed by atoms with E-state index in [2.05, 4.69) is 39.0 Å². The van der Waals surface area contributed by atoms with Gasteiger partial charge in [0, 0.05) is 6.04 Å². The SMILES string of the molecule is CCC1=NCC(C)(CC)N=C1N(N)C1c2ccccc2CC1N. The van der Waals surface area contributed by atoms with E-state index < -0.39 is 0 Å². The van der Waals surface area contributed by atoms with Crippen LogP contribution in [0.2, 0.25) is 0 Å². The van der Waals surface area contributed by atoms with Crippen LogP contribution in [0.25, 0.3) is 0 Å². The summed E-state index contributed by atoms with van der Waals surface area (Å²) in [5, 5.41) is 1.77. The Hall–Kier alpha value is -1.72. The minimum Gasteiger partial charge on any atom is -0.325 e. The van der Waals surface area contributed by atoms with Crippen LogP contribution in [0.5, 0.6) is 0 Å². The summed E-state index contributed by atoms with van der Waals surface area (Å²) in [6, 6.07) is 8.30. The zero-order valence-electron chi connectivity index (χ0n) is 14.3. The molecular weight excluding hydrogens is 286 g/mol. The molecule has 1 aromatic carbocycles. The molecular formula is C18H27N5. The van der Waals surface area contributed by atoms with Crippen molar-refractivity contribution in [2.24, 2.45) is 21.6 Å². The monoisotopic (exact) mass is 313 g/mol. The normalized spacial score (nSPS) is 29.8. The molecule has 1 heterocycles. The maximum atomic E-state index is 6.54. The van der Waals surface area contributed by atoms with Gasteiger partial charge in [0.1, 0.15) is 0 Å². The van der Waals surface area contributed by atoms with Crippen LogP contribution >= 0.6 is 0 Å². The zero-order chi connectivity index (χ0) is 16.6. The third-order valence-corrected chi connectivity index (χ3v) is 5.12. The van der Waals surface area contributed by atoms with Gasteiger partial charge in [-0.15, -0.1) is 0 Å². The van der Waals surface area contributed by atoms with Gasteiger partial charge in [-0.25, -0.2) is 5.84 Å². The quantitative estimate of drug-likeness (QED) is 0.663. The third-order valence-electron chi connectivity index (χ3n) is 5.12. The van der Waals surface area contributed by atoms with Gasteiger partial charge in [-0.3, -0.25) is 15.0 Å². The first-order valence-corrected chi connectivity index (χ1v) is 8.50. The Balaban J connectivity index is 1.98. The van der Waals surface area contributed by atoms with Gasteiger partial charge < -0.3 is 5.73 Å². The first-order chi connectivity index (χ1) is 11.0. The molecule has 23 heavy (non-hydrogen) atoms. The summed E-state index contributed by atoms with van der Waals surface area (Å²) in [6.45, 7) is 7.11. The molecule has 0 spiro atoms. The molecule has 0 bridgehead atoms. The highest BCUT2D eigenvalue weighted by Crippen LogP contribution is 2.34. The largest absolute Gasteiger partial charge is 0.325 e. The Bertz CT molecular complexity index is 651. The fraction of sp³-hybridized carbons (Fsp3) is 0.556. The summed E-state index contributed by atoms with van der Waals surface area (Å²) < 4.78 is 0. The van der Waals surface area contributed by atoms with Crippen molar-refractivity contribution in [2.45, 2.75) is 57.7 Å². The van der Waals surface area contributed by atoms with Crippen LogP contribution in [0.3, 0.4) is 0 Å². The van der Waals surface area contributed by atoms with Gasteiger partial charge in [0.15, 0.2) is 5.84 Å². The van der Waals surface area contributed by atoms with Crippen molar-refractivity contribution in [3.63, 3.8) is 0 Å². The molecule has 0 radical (unpaired) electrons. The van der Waals surface area contributed by atoms with E-state index >= 15 is 0 Å². The van der Waals surface area contributed by atoms with Crippen molar-refractivity contribution in [2.75, 3.05) is 6.54 Å². The molecule has 2 aliphatic rings. The number of fused-ring (bicyclic) bond motifs is 1. The number of hydrazine groups is 1. The number of nitrogens with two attached hydrogens (primary N) is 2. The topological polar surface area (TPSA) is 80.0 Å². The molecule has 0 amide bonds. The van der Waals surface area contributed by atoms with Gasteiger partial charge in [0.25, 0.3) is 0 Å². The Labute approximate surface area is 138 Å². The number of aliphatic imine (C=N–C) groups is 2. The lowest BCUT2D eigenvalue weighted by atomic mass is 9.97. The summed E-state index contributed by atoms with van der Waals surface area (Å²) >= 11 is 0. The van der Waals surface area contributed by atoms with Crippen molar-refractivity contribution in [1.29, 1.82) is 0 Å². The predicted octanol–water partition coefficient (Wildman–Crippen LogP) is 2.22. The molecule has 5 nitrogen and oxygen atoms in total. The molecule has 4 N–H and O–H groups in total. The van der Waals surface area contributed by atoms with Gasteiger partial charge in [-0.05, 0) is 37.3 Å². The van der Waals surface area contributed by atoms with Gasteiger partial charge in [-0.1, -0.05) is 38.1 Å². The number of benzene rings is 1. The maximum absolute atomic E-state index is 6.54. The molecule has 3 atom stereocenters. The maximum Gasteiger partial charge on any atom is 0.160 e. The van der Waals surface area contributed by atoms with Crippen molar-refractivity contribution in [3.05, 3.63) is 35.4 Å². The number of hydrogen-bond donors (Lipinski definition) is 2. The minimum absolute atomic E-state index is 0.0204. The molecule has 0 saturated heterocycles. The van der Waals surface area contributed by atoms with Crippen LogP contribution in [0, 0.1) is 0 Å². The fourth-order valence-electron chi connectivity index (χ4n) is 3.45. The molecule has 5 heteroatoms. The fourth-order valence-corrected chi connectivity index (χ4v) is 3.45. The Morgan fingerprint density at radius 1 is 1.30 bits per heavy atom. The molecule has 0 saturated carbocycles. The summed E-state index contributed by atoms with van der Waals surface area (Å²) in [7, 11) is 0. The predicted molar refractivity (Wildman–Crippen MR) is 95.6 cm³/mol. The van der Waals surface area contributed by atoms with Crippen LogP contribution in [0.4, 0.5) is 0 Å². The first kappa shape index (κ1) is 16.1. The second-order valence-corrected chi connectivity index (χ2v) is 6.82. The summed E-state index contributed by atoms with van der Waals surface area (Å²) in [5.74, 6) is 7.35. The van der Waals surface area contributed by atoms with E-state index in [-0.39, 0.29) is 17.6 Å². The van der Waals surface area contributed by atoms with Gasteiger partial charge in [0.05, 0.1) is 23.8 Å². The van der Waals surface area contributed by atoms with Crippen LogP contribution in [-0.4, -0.2) is 34.7 Å². The molecule has 1 aliphatic heterocycles. The molecule has 1 aliphatic carbocycles. The van der Waals surface area contributed by atoms with Crippen molar-refractivity contribution >= 4 is 11.5 Å². The lowest BCUT2D eigenvalue weighted by Crippen LogP contribution is -2.52. The number of rotatable bonds is 3. The highest BCUT2D eigenvalue weighted by atomic mass is 15.5. The molecule has 1 aromatic rings. The second-order valence-electron chi connectivity index (χ2n) is 6.82. The molecule has 3 rings (SSSR count). The van der Waals surface area contributed by atoms with Crippen LogP contribution in [0.1, 0.15) is 50.8 Å². The Morgan fingerprint density at radius 3 is 2.74 bits per heavy atom. The molecule has 0 fully saturated rings. The van der Waals surface area contributed by atoms with Gasteiger partial charge in [0.2, 0.25) is 0 Å². The number of nitrogens with zero attached hydrogens (tertiary/aromatic N) is 3. The highest BCUT2D eigenvalue weighted by Gasteiger charge is 2.37. The third kappa shape index (κ3) is 2.79. The molecule has 124 valence electrons. The lowest BCUT2D eigenvalue weighted by molar-refractivity contribution is 0.293. The summed E-state index contributed by atoms with van der Waals surface area (Å²) in [6.07, 6.45) is 2.62. The number of amidine groups is 1. The van der Waals surface area contributed by atoms with Crippen molar-refractivity contribution in [3.8, 4) is 0 Å². The van der Waals surface area contributed by atoms with E-state index in [0.29, 0.717) is 0 Å². The zero-order valence-corrected chi connectivity index (χ0v) is 14.3. The lowest BCUT2D eigenvalue weighted by Gasteiger charge is -2.36. The summed E-state index contributed by atoms with van der Waals surface area (Å²) in [4.78, 5) is 9.72. The number of hydrogen-bond acceptors (Lipinski definition) is 5. The van der Waals surface area contributed by atoms with Crippen LogP contribution < -0.4 is 11.6 Å². The van der Waals surface area contributed by atoms with E-state index in [1.165, 1.54) is 11.1 Å². The van der Waals surface area contributed by atoms with Gasteiger partial charge in [-0.2, -0.15) is 0 Å². The van der Waals surface area contributed by atoms with Crippen molar-refractivity contribution < 1.29 is 0 Å². The second kappa shape index (κ2) is 6.06. The summed E-state index contributed by atoms with van der Waals surface area (Å²) in [5.41, 5.74) is 9.71.